The fourth-order valence-corrected chi connectivity index (χ4v) is 6.43. The number of carbonyl (C=O) groups is 1. The molecule has 1 unspecified atom stereocenters. The topological polar surface area (TPSA) is 52.6 Å². The summed E-state index contributed by atoms with van der Waals surface area (Å²) >= 11 is 1.44. The zero-order valence-electron chi connectivity index (χ0n) is 22.9. The second-order valence-corrected chi connectivity index (χ2v) is 12.5. The third-order valence-electron chi connectivity index (χ3n) is 7.26. The number of β-amino-alcohol motifs (C(OH)–C–C–N with tert-alkyl or cyclic N) is 1. The van der Waals surface area contributed by atoms with Gasteiger partial charge in [0.05, 0.1) is 6.10 Å². The van der Waals surface area contributed by atoms with Crippen LogP contribution in [0.5, 0.6) is 0 Å². The highest BCUT2D eigenvalue weighted by molar-refractivity contribution is 7.97. The van der Waals surface area contributed by atoms with Crippen molar-refractivity contribution in [1.82, 2.24) is 9.62 Å². The Labute approximate surface area is 235 Å². The smallest absolute Gasteiger partial charge is 0.166 e. The highest BCUT2D eigenvalue weighted by Crippen LogP contribution is 2.33. The monoisotopic (exact) mass is 552 g/mol. The quantitative estimate of drug-likeness (QED) is 0.194. The Kier molecular flexibility index (Phi) is 9.94. The third-order valence-corrected chi connectivity index (χ3v) is 8.19. The minimum Gasteiger partial charge on any atom is -0.390 e. The van der Waals surface area contributed by atoms with Gasteiger partial charge in [0, 0.05) is 35.5 Å². The van der Waals surface area contributed by atoms with E-state index in [2.05, 4.69) is 43.4 Å². The van der Waals surface area contributed by atoms with Crippen molar-refractivity contribution < 1.29 is 18.7 Å². The fraction of sp³-hybridized carbons (Fsp3) is 0.406. The summed E-state index contributed by atoms with van der Waals surface area (Å²) in [5.74, 6) is -1.21. The van der Waals surface area contributed by atoms with Crippen LogP contribution in [0.15, 0.2) is 65.6 Å². The molecule has 4 rings (SSSR count). The molecule has 0 saturated carbocycles. The number of halogens is 2. The molecule has 1 atom stereocenters. The SMILES string of the molecule is CN(CC(O)CNC(C)(C)CC1Cc2ccccc2C1)Sc1cccc(-c2cc(CCC=O)cc(F)c2F)c1. The van der Waals surface area contributed by atoms with Crippen LogP contribution in [0.3, 0.4) is 0 Å². The molecule has 0 radical (unpaired) electrons. The van der Waals surface area contributed by atoms with Crippen molar-refractivity contribution in [1.29, 1.82) is 0 Å². The third kappa shape index (κ3) is 8.21. The standard InChI is InChI=1S/C32H38F2N2O2S/c1-32(2,19-23-14-24-9-4-5-10-25(24)15-23)35-20-27(38)21-36(3)39-28-12-6-11-26(18-28)29-16-22(8-7-13-37)17-30(33)31(29)34/h4-6,9-13,16-18,23,27,35,38H,7-8,14-15,19-21H2,1-3H3. The van der Waals surface area contributed by atoms with Gasteiger partial charge in [-0.25, -0.2) is 13.1 Å². The lowest BCUT2D eigenvalue weighted by atomic mass is 9.88. The van der Waals surface area contributed by atoms with E-state index in [1.54, 1.807) is 12.1 Å². The van der Waals surface area contributed by atoms with Crippen LogP contribution in [0.25, 0.3) is 11.1 Å². The van der Waals surface area contributed by atoms with Crippen molar-refractivity contribution >= 4 is 18.2 Å². The molecule has 1 aliphatic carbocycles. The molecular weight excluding hydrogens is 514 g/mol. The first kappa shape index (κ1) is 29.4. The lowest BCUT2D eigenvalue weighted by Crippen LogP contribution is -2.46. The Balaban J connectivity index is 1.29. The maximum atomic E-state index is 14.6. The van der Waals surface area contributed by atoms with E-state index in [0.29, 0.717) is 36.6 Å². The van der Waals surface area contributed by atoms with Crippen LogP contribution in [0.2, 0.25) is 0 Å². The van der Waals surface area contributed by atoms with Gasteiger partial charge in [0.1, 0.15) is 6.29 Å². The number of hydrogen-bond donors (Lipinski definition) is 2. The summed E-state index contributed by atoms with van der Waals surface area (Å²) in [5, 5.41) is 14.3. The molecule has 0 saturated heterocycles. The van der Waals surface area contributed by atoms with Crippen molar-refractivity contribution in [2.45, 2.75) is 62.5 Å². The lowest BCUT2D eigenvalue weighted by Gasteiger charge is -2.31. The van der Waals surface area contributed by atoms with Gasteiger partial charge in [-0.3, -0.25) is 0 Å². The number of hydrogen-bond acceptors (Lipinski definition) is 5. The normalized spacial score (nSPS) is 14.5. The Morgan fingerprint density at radius 3 is 2.51 bits per heavy atom. The lowest BCUT2D eigenvalue weighted by molar-refractivity contribution is -0.107. The molecule has 7 heteroatoms. The number of aryl methyl sites for hydroxylation is 1. The summed E-state index contributed by atoms with van der Waals surface area (Å²) in [6.45, 7) is 5.32. The Hall–Kier alpha value is -2.58. The van der Waals surface area contributed by atoms with Gasteiger partial charge in [-0.2, -0.15) is 0 Å². The van der Waals surface area contributed by atoms with Gasteiger partial charge in [-0.15, -0.1) is 0 Å². The first-order valence-electron chi connectivity index (χ1n) is 13.5. The second-order valence-electron chi connectivity index (χ2n) is 11.2. The van der Waals surface area contributed by atoms with Crippen LogP contribution in [-0.2, 0) is 24.1 Å². The summed E-state index contributed by atoms with van der Waals surface area (Å²) in [6, 6.07) is 18.7. The van der Waals surface area contributed by atoms with Crippen molar-refractivity contribution in [2.24, 2.45) is 5.92 Å². The average molecular weight is 553 g/mol. The van der Waals surface area contributed by atoms with Gasteiger partial charge in [0.25, 0.3) is 0 Å². The van der Waals surface area contributed by atoms with Crippen LogP contribution >= 0.6 is 11.9 Å². The van der Waals surface area contributed by atoms with Crippen LogP contribution in [0.4, 0.5) is 8.78 Å². The van der Waals surface area contributed by atoms with E-state index < -0.39 is 17.7 Å². The Morgan fingerprint density at radius 1 is 1.10 bits per heavy atom. The van der Waals surface area contributed by atoms with Gasteiger partial charge >= 0.3 is 0 Å². The van der Waals surface area contributed by atoms with Gasteiger partial charge < -0.3 is 15.2 Å². The number of benzene rings is 3. The van der Waals surface area contributed by atoms with Crippen molar-refractivity contribution in [3.05, 3.63) is 89.0 Å². The highest BCUT2D eigenvalue weighted by atomic mass is 32.2. The van der Waals surface area contributed by atoms with Gasteiger partial charge in [-0.05, 0) is 111 Å². The molecule has 3 aromatic rings. The molecule has 0 spiro atoms. The molecule has 0 amide bonds. The molecular formula is C32H38F2N2O2S. The molecule has 0 heterocycles. The van der Waals surface area contributed by atoms with Crippen molar-refractivity contribution in [3.63, 3.8) is 0 Å². The summed E-state index contributed by atoms with van der Waals surface area (Å²) in [6.07, 6.45) is 4.10. The second kappa shape index (κ2) is 13.2. The molecule has 208 valence electrons. The first-order chi connectivity index (χ1) is 18.6. The maximum absolute atomic E-state index is 14.6. The summed E-state index contributed by atoms with van der Waals surface area (Å²) in [5.41, 5.74) is 4.16. The number of nitrogens with one attached hydrogen (secondary N) is 1. The average Bonchev–Trinajstić information content (AvgIpc) is 3.29. The van der Waals surface area contributed by atoms with E-state index >= 15 is 0 Å². The molecule has 4 nitrogen and oxygen atoms in total. The molecule has 1 aliphatic rings. The summed E-state index contributed by atoms with van der Waals surface area (Å²) < 4.78 is 30.8. The predicted molar refractivity (Wildman–Crippen MR) is 155 cm³/mol. The molecule has 39 heavy (non-hydrogen) atoms. The fourth-order valence-electron chi connectivity index (χ4n) is 5.51. The molecule has 0 aromatic heterocycles. The largest absolute Gasteiger partial charge is 0.390 e. The minimum absolute atomic E-state index is 0.0899. The first-order valence-corrected chi connectivity index (χ1v) is 14.3. The molecule has 0 fully saturated rings. The number of aliphatic hydroxyl groups excluding tert-OH is 1. The number of aldehydes is 1. The van der Waals surface area contributed by atoms with Crippen LogP contribution in [0.1, 0.15) is 43.4 Å². The zero-order valence-corrected chi connectivity index (χ0v) is 23.7. The number of carbonyl (C=O) groups excluding carboxylic acids is 1. The van der Waals surface area contributed by atoms with E-state index in [0.717, 1.165) is 36.5 Å². The minimum atomic E-state index is -0.917. The number of likely N-dealkylation sites (N-methyl/N-ethyl adjacent to an activating group) is 1. The van der Waals surface area contributed by atoms with Crippen LogP contribution in [-0.4, -0.2) is 47.5 Å². The zero-order chi connectivity index (χ0) is 28.0. The summed E-state index contributed by atoms with van der Waals surface area (Å²) in [7, 11) is 1.90. The number of rotatable bonds is 13. The predicted octanol–water partition coefficient (Wildman–Crippen LogP) is 6.24. The van der Waals surface area contributed by atoms with Crippen LogP contribution < -0.4 is 5.32 Å². The van der Waals surface area contributed by atoms with Gasteiger partial charge in [-0.1, -0.05) is 36.4 Å². The number of nitrogens with zero attached hydrogens (tertiary/aromatic N) is 1. The Morgan fingerprint density at radius 2 is 1.82 bits per heavy atom. The molecule has 3 aromatic carbocycles. The van der Waals surface area contributed by atoms with Crippen molar-refractivity contribution in [2.75, 3.05) is 20.1 Å². The van der Waals surface area contributed by atoms with Crippen LogP contribution in [0, 0.1) is 17.6 Å². The Bertz CT molecular complexity index is 1260. The van der Waals surface area contributed by atoms with Gasteiger partial charge in [0.2, 0.25) is 0 Å². The number of fused-ring (bicyclic) bond motifs is 1. The summed E-state index contributed by atoms with van der Waals surface area (Å²) in [4.78, 5) is 11.6. The highest BCUT2D eigenvalue weighted by Gasteiger charge is 2.28. The van der Waals surface area contributed by atoms with Gasteiger partial charge in [0.15, 0.2) is 11.6 Å². The molecule has 0 aliphatic heterocycles. The molecule has 0 bridgehead atoms. The van der Waals surface area contributed by atoms with Crippen molar-refractivity contribution in [3.8, 4) is 11.1 Å². The maximum Gasteiger partial charge on any atom is 0.166 e. The van der Waals surface area contributed by atoms with E-state index in [1.807, 2.05) is 29.6 Å². The number of aliphatic hydroxyl groups is 1. The molecule has 2 N–H and O–H groups in total. The van der Waals surface area contributed by atoms with E-state index in [1.165, 1.54) is 23.1 Å². The van der Waals surface area contributed by atoms with E-state index in [9.17, 15) is 18.7 Å². The van der Waals surface area contributed by atoms with E-state index in [4.69, 9.17) is 0 Å². The van der Waals surface area contributed by atoms with E-state index in [-0.39, 0.29) is 17.5 Å².